The highest BCUT2D eigenvalue weighted by Gasteiger charge is 2.14. The van der Waals surface area contributed by atoms with E-state index in [9.17, 15) is 14.7 Å². The van der Waals surface area contributed by atoms with E-state index in [1.54, 1.807) is 36.4 Å². The minimum atomic E-state index is -1.09. The number of benzene rings is 2. The van der Waals surface area contributed by atoms with E-state index in [1.165, 1.54) is 12.3 Å². The van der Waals surface area contributed by atoms with Crippen molar-refractivity contribution < 1.29 is 14.7 Å². The number of halogens is 2. The summed E-state index contributed by atoms with van der Waals surface area (Å²) in [5.41, 5.74) is 6.07. The highest BCUT2D eigenvalue weighted by atomic mass is 35.5. The molecule has 0 spiro atoms. The summed E-state index contributed by atoms with van der Waals surface area (Å²) >= 11 is 11.9. The Labute approximate surface area is 177 Å². The Morgan fingerprint density at radius 3 is 2.55 bits per heavy atom. The molecule has 0 bridgehead atoms. The third kappa shape index (κ3) is 4.50. The maximum Gasteiger partial charge on any atom is 0.337 e. The first kappa shape index (κ1) is 20.6. The number of amides is 1. The Balaban J connectivity index is 1.84. The predicted molar refractivity (Wildman–Crippen MR) is 114 cm³/mol. The van der Waals surface area contributed by atoms with Gasteiger partial charge in [0, 0.05) is 33.2 Å². The number of aryl methyl sites for hydroxylation is 1. The predicted octanol–water partition coefficient (Wildman–Crippen LogP) is 4.86. The number of aromatic carboxylic acids is 1. The van der Waals surface area contributed by atoms with Crippen molar-refractivity contribution in [2.24, 2.45) is 5.10 Å². The molecule has 0 saturated heterocycles. The first-order valence-electron chi connectivity index (χ1n) is 8.59. The molecule has 1 amide bonds. The summed E-state index contributed by atoms with van der Waals surface area (Å²) in [7, 11) is 0. The number of aromatic nitrogens is 1. The van der Waals surface area contributed by atoms with Gasteiger partial charge < -0.3 is 9.67 Å². The zero-order valence-corrected chi connectivity index (χ0v) is 17.1. The Hall–Kier alpha value is -3.09. The number of carbonyl (C=O) groups excluding carboxylic acids is 1. The molecule has 0 aliphatic carbocycles. The third-order valence-electron chi connectivity index (χ3n) is 4.37. The minimum Gasteiger partial charge on any atom is -0.478 e. The summed E-state index contributed by atoms with van der Waals surface area (Å²) in [6.07, 6.45) is 1.54. The van der Waals surface area contributed by atoms with Crippen LogP contribution < -0.4 is 5.43 Å². The summed E-state index contributed by atoms with van der Waals surface area (Å²) in [5, 5.41) is 14.0. The second-order valence-electron chi connectivity index (χ2n) is 6.34. The highest BCUT2D eigenvalue weighted by Crippen LogP contribution is 2.24. The number of hydrogen-bond acceptors (Lipinski definition) is 3. The van der Waals surface area contributed by atoms with Gasteiger partial charge in [-0.15, -0.1) is 0 Å². The number of hydrazone groups is 1. The average Bonchev–Trinajstić information content (AvgIpc) is 2.95. The zero-order valence-electron chi connectivity index (χ0n) is 15.6. The van der Waals surface area contributed by atoms with Crippen LogP contribution >= 0.6 is 23.2 Å². The van der Waals surface area contributed by atoms with Gasteiger partial charge in [0.05, 0.1) is 16.8 Å². The van der Waals surface area contributed by atoms with E-state index < -0.39 is 5.97 Å². The molecule has 0 unspecified atom stereocenters. The number of nitrogens with one attached hydrogen (secondary N) is 1. The lowest BCUT2D eigenvalue weighted by molar-refractivity contribution is 0.0696. The molecule has 0 atom stereocenters. The van der Waals surface area contributed by atoms with Crippen LogP contribution in [0, 0.1) is 13.8 Å². The van der Waals surface area contributed by atoms with E-state index >= 15 is 0 Å². The molecule has 2 aromatic carbocycles. The van der Waals surface area contributed by atoms with E-state index in [2.05, 4.69) is 10.5 Å². The Kier molecular flexibility index (Phi) is 6.06. The number of carboxylic acids is 1. The molecule has 148 valence electrons. The van der Waals surface area contributed by atoms with E-state index in [0.717, 1.165) is 17.0 Å². The quantitative estimate of drug-likeness (QED) is 0.448. The lowest BCUT2D eigenvalue weighted by Gasteiger charge is -2.11. The zero-order chi connectivity index (χ0) is 21.1. The lowest BCUT2D eigenvalue weighted by Crippen LogP contribution is -2.17. The van der Waals surface area contributed by atoms with Crippen molar-refractivity contribution in [3.63, 3.8) is 0 Å². The molecule has 6 nitrogen and oxygen atoms in total. The fourth-order valence-electron chi connectivity index (χ4n) is 2.99. The molecule has 29 heavy (non-hydrogen) atoms. The van der Waals surface area contributed by atoms with Crippen LogP contribution in [0.15, 0.2) is 53.6 Å². The molecule has 0 aliphatic heterocycles. The molecule has 1 aromatic heterocycles. The van der Waals surface area contributed by atoms with E-state index in [4.69, 9.17) is 23.2 Å². The van der Waals surface area contributed by atoms with E-state index in [1.807, 2.05) is 24.5 Å². The Morgan fingerprint density at radius 1 is 1.10 bits per heavy atom. The average molecular weight is 430 g/mol. The van der Waals surface area contributed by atoms with Crippen molar-refractivity contribution >= 4 is 41.3 Å². The van der Waals surface area contributed by atoms with Gasteiger partial charge in [0.2, 0.25) is 0 Å². The molecule has 0 aliphatic rings. The van der Waals surface area contributed by atoms with Gasteiger partial charge in [-0.25, -0.2) is 10.2 Å². The number of carboxylic acid groups (broad SMARTS) is 1. The maximum atomic E-state index is 12.1. The summed E-state index contributed by atoms with van der Waals surface area (Å²) in [6.45, 7) is 3.77. The molecule has 2 N–H and O–H groups in total. The lowest BCUT2D eigenvalue weighted by atomic mass is 10.2. The monoisotopic (exact) mass is 429 g/mol. The van der Waals surface area contributed by atoms with Crippen molar-refractivity contribution in [1.29, 1.82) is 0 Å². The molecular formula is C21H17Cl2N3O3. The van der Waals surface area contributed by atoms with Gasteiger partial charge in [-0.05, 0) is 56.3 Å². The summed E-state index contributed by atoms with van der Waals surface area (Å²) < 4.78 is 1.89. The van der Waals surface area contributed by atoms with Crippen molar-refractivity contribution in [2.75, 3.05) is 0 Å². The fraction of sp³-hybridized carbons (Fsp3) is 0.0952. The first-order chi connectivity index (χ1) is 13.8. The molecule has 3 aromatic rings. The van der Waals surface area contributed by atoms with Crippen LogP contribution in [0.4, 0.5) is 0 Å². The molecule has 0 radical (unpaired) electrons. The van der Waals surface area contributed by atoms with Crippen molar-refractivity contribution in [3.8, 4) is 5.69 Å². The van der Waals surface area contributed by atoms with Crippen molar-refractivity contribution in [1.82, 2.24) is 9.99 Å². The first-order valence-corrected chi connectivity index (χ1v) is 9.34. The molecular weight excluding hydrogens is 413 g/mol. The number of hydrogen-bond donors (Lipinski definition) is 2. The summed E-state index contributed by atoms with van der Waals surface area (Å²) in [5.74, 6) is -1.47. The number of nitrogens with zero attached hydrogens (tertiary/aromatic N) is 2. The molecule has 8 heteroatoms. The van der Waals surface area contributed by atoms with Crippen LogP contribution in [0.2, 0.25) is 10.0 Å². The molecule has 3 rings (SSSR count). The summed E-state index contributed by atoms with van der Waals surface area (Å²) in [6, 6.07) is 13.3. The van der Waals surface area contributed by atoms with Gasteiger partial charge in [-0.2, -0.15) is 5.10 Å². The van der Waals surface area contributed by atoms with Gasteiger partial charge in [-0.1, -0.05) is 29.3 Å². The topological polar surface area (TPSA) is 83.7 Å². The molecule has 0 saturated carbocycles. The summed E-state index contributed by atoms with van der Waals surface area (Å²) in [4.78, 5) is 23.5. The minimum absolute atomic E-state index is 0.0284. The number of rotatable bonds is 5. The van der Waals surface area contributed by atoms with Crippen LogP contribution in [-0.4, -0.2) is 27.8 Å². The van der Waals surface area contributed by atoms with Gasteiger partial charge in [0.1, 0.15) is 0 Å². The van der Waals surface area contributed by atoms with E-state index in [-0.39, 0.29) is 16.5 Å². The number of carbonyl (C=O) groups is 2. The molecule has 0 fully saturated rings. The van der Waals surface area contributed by atoms with Crippen LogP contribution in [0.3, 0.4) is 0 Å². The molecule has 1 heterocycles. The fourth-order valence-corrected chi connectivity index (χ4v) is 3.38. The third-order valence-corrected chi connectivity index (χ3v) is 4.93. The Morgan fingerprint density at radius 2 is 1.86 bits per heavy atom. The second kappa shape index (κ2) is 8.51. The second-order valence-corrected chi connectivity index (χ2v) is 7.18. The maximum absolute atomic E-state index is 12.1. The SMILES string of the molecule is Cc1cc(/C=N\NC(=O)c2cccc(Cl)c2)c(C)n1-c1ccc(Cl)c(C(=O)O)c1. The van der Waals surface area contributed by atoms with Crippen molar-refractivity contribution in [3.05, 3.63) is 86.7 Å². The van der Waals surface area contributed by atoms with Gasteiger partial charge in [-0.3, -0.25) is 4.79 Å². The van der Waals surface area contributed by atoms with Gasteiger partial charge >= 0.3 is 5.97 Å². The van der Waals surface area contributed by atoms with Crippen LogP contribution in [-0.2, 0) is 0 Å². The van der Waals surface area contributed by atoms with Gasteiger partial charge in [0.15, 0.2) is 0 Å². The van der Waals surface area contributed by atoms with Crippen molar-refractivity contribution in [2.45, 2.75) is 13.8 Å². The van der Waals surface area contributed by atoms with Gasteiger partial charge in [0.25, 0.3) is 5.91 Å². The smallest absolute Gasteiger partial charge is 0.337 e. The highest BCUT2D eigenvalue weighted by molar-refractivity contribution is 6.33. The Bertz CT molecular complexity index is 1140. The van der Waals surface area contributed by atoms with E-state index in [0.29, 0.717) is 16.3 Å². The van der Waals surface area contributed by atoms with Crippen LogP contribution in [0.25, 0.3) is 5.69 Å². The normalized spacial score (nSPS) is 11.0. The largest absolute Gasteiger partial charge is 0.478 e. The van der Waals surface area contributed by atoms with Crippen LogP contribution in [0.1, 0.15) is 37.7 Å². The van der Waals surface area contributed by atoms with Crippen LogP contribution in [0.5, 0.6) is 0 Å². The standard InChI is InChI=1S/C21H17Cl2N3O3/c1-12-8-15(11-24-25-20(27)14-4-3-5-16(22)9-14)13(2)26(12)17-6-7-19(23)18(10-17)21(28)29/h3-11H,1-2H3,(H,25,27)(H,28,29)/b24-11-.